The summed E-state index contributed by atoms with van der Waals surface area (Å²) in [5.74, 6) is 0.934. The number of rotatable bonds is 5. The second-order valence-corrected chi connectivity index (χ2v) is 5.55. The molecule has 2 nitrogen and oxygen atoms in total. The quantitative estimate of drug-likeness (QED) is 0.831. The molecule has 84 valence electrons. The molecule has 0 bridgehead atoms. The first-order valence-corrected chi connectivity index (χ1v) is 6.84. The fourth-order valence-corrected chi connectivity index (χ4v) is 3.04. The van der Waals surface area contributed by atoms with Crippen LogP contribution in [0.3, 0.4) is 0 Å². The van der Waals surface area contributed by atoms with Crippen LogP contribution in [0.15, 0.2) is 6.20 Å². The summed E-state index contributed by atoms with van der Waals surface area (Å²) in [5.41, 5.74) is 0. The molecule has 1 aliphatic rings. The van der Waals surface area contributed by atoms with Gasteiger partial charge >= 0.3 is 0 Å². The summed E-state index contributed by atoms with van der Waals surface area (Å²) in [6, 6.07) is 0. The second-order valence-electron chi connectivity index (χ2n) is 4.36. The van der Waals surface area contributed by atoms with Crippen molar-refractivity contribution in [3.05, 3.63) is 16.1 Å². The standard InChI is InChI=1S/C12H20N2S/c1-2-12-14-9-11(15-12)8-13-7-10-5-3-4-6-10/h9-10,13H,2-8H2,1H3. The van der Waals surface area contributed by atoms with E-state index in [0.29, 0.717) is 0 Å². The number of thiazole rings is 1. The average molecular weight is 224 g/mol. The van der Waals surface area contributed by atoms with Gasteiger partial charge in [0.05, 0.1) is 5.01 Å². The summed E-state index contributed by atoms with van der Waals surface area (Å²) in [7, 11) is 0. The third-order valence-corrected chi connectivity index (χ3v) is 4.25. The molecular weight excluding hydrogens is 204 g/mol. The highest BCUT2D eigenvalue weighted by Crippen LogP contribution is 2.23. The van der Waals surface area contributed by atoms with Crippen molar-refractivity contribution < 1.29 is 0 Å². The van der Waals surface area contributed by atoms with Crippen molar-refractivity contribution >= 4 is 11.3 Å². The fourth-order valence-electron chi connectivity index (χ4n) is 2.21. The van der Waals surface area contributed by atoms with E-state index in [2.05, 4.69) is 17.2 Å². The van der Waals surface area contributed by atoms with E-state index in [4.69, 9.17) is 0 Å². The van der Waals surface area contributed by atoms with Crippen molar-refractivity contribution in [2.24, 2.45) is 5.92 Å². The smallest absolute Gasteiger partial charge is 0.0925 e. The van der Waals surface area contributed by atoms with Crippen LogP contribution in [0.25, 0.3) is 0 Å². The van der Waals surface area contributed by atoms with Gasteiger partial charge in [0.1, 0.15) is 0 Å². The number of nitrogens with one attached hydrogen (secondary N) is 1. The van der Waals surface area contributed by atoms with Gasteiger partial charge in [-0.25, -0.2) is 4.98 Å². The van der Waals surface area contributed by atoms with E-state index in [0.717, 1.165) is 18.9 Å². The zero-order valence-electron chi connectivity index (χ0n) is 9.46. The third kappa shape index (κ3) is 3.28. The summed E-state index contributed by atoms with van der Waals surface area (Å²) in [4.78, 5) is 5.74. The summed E-state index contributed by atoms with van der Waals surface area (Å²) in [5, 5.41) is 4.81. The summed E-state index contributed by atoms with van der Waals surface area (Å²) >= 11 is 1.84. The minimum atomic E-state index is 0.934. The topological polar surface area (TPSA) is 24.9 Å². The van der Waals surface area contributed by atoms with Crippen molar-refractivity contribution in [2.75, 3.05) is 6.54 Å². The van der Waals surface area contributed by atoms with E-state index in [-0.39, 0.29) is 0 Å². The largest absolute Gasteiger partial charge is 0.312 e. The molecule has 0 unspecified atom stereocenters. The van der Waals surface area contributed by atoms with Crippen LogP contribution in [-0.2, 0) is 13.0 Å². The Balaban J connectivity index is 1.68. The van der Waals surface area contributed by atoms with Crippen molar-refractivity contribution in [3.63, 3.8) is 0 Å². The molecule has 0 radical (unpaired) electrons. The maximum atomic E-state index is 4.36. The number of nitrogens with zero attached hydrogens (tertiary/aromatic N) is 1. The van der Waals surface area contributed by atoms with Crippen LogP contribution in [-0.4, -0.2) is 11.5 Å². The predicted octanol–water partition coefficient (Wildman–Crippen LogP) is 2.99. The number of hydrogen-bond donors (Lipinski definition) is 1. The Labute approximate surface area is 96.1 Å². The second kappa shape index (κ2) is 5.61. The van der Waals surface area contributed by atoms with E-state index in [1.165, 1.54) is 42.1 Å². The lowest BCUT2D eigenvalue weighted by Crippen LogP contribution is -2.20. The lowest BCUT2D eigenvalue weighted by atomic mass is 10.1. The zero-order chi connectivity index (χ0) is 10.5. The monoisotopic (exact) mass is 224 g/mol. The maximum absolute atomic E-state index is 4.36. The minimum absolute atomic E-state index is 0.934. The van der Waals surface area contributed by atoms with Gasteiger partial charge in [-0.15, -0.1) is 11.3 Å². The predicted molar refractivity (Wildman–Crippen MR) is 65.2 cm³/mol. The lowest BCUT2D eigenvalue weighted by Gasteiger charge is -2.08. The molecule has 0 saturated heterocycles. The molecule has 1 saturated carbocycles. The van der Waals surface area contributed by atoms with Crippen LogP contribution < -0.4 is 5.32 Å². The molecule has 0 aromatic carbocycles. The van der Waals surface area contributed by atoms with Gasteiger partial charge in [-0.05, 0) is 31.7 Å². The van der Waals surface area contributed by atoms with Gasteiger partial charge < -0.3 is 5.32 Å². The normalized spacial score (nSPS) is 17.4. The van der Waals surface area contributed by atoms with Crippen LogP contribution in [0.2, 0.25) is 0 Å². The number of hydrogen-bond acceptors (Lipinski definition) is 3. The van der Waals surface area contributed by atoms with Gasteiger partial charge in [-0.2, -0.15) is 0 Å². The molecule has 1 N–H and O–H groups in total. The van der Waals surface area contributed by atoms with Crippen molar-refractivity contribution in [1.82, 2.24) is 10.3 Å². The van der Waals surface area contributed by atoms with Crippen LogP contribution in [0.5, 0.6) is 0 Å². The molecule has 0 atom stereocenters. The minimum Gasteiger partial charge on any atom is -0.312 e. The lowest BCUT2D eigenvalue weighted by molar-refractivity contribution is 0.490. The molecule has 1 fully saturated rings. The highest BCUT2D eigenvalue weighted by molar-refractivity contribution is 7.11. The van der Waals surface area contributed by atoms with Gasteiger partial charge in [-0.3, -0.25) is 0 Å². The van der Waals surface area contributed by atoms with Gasteiger partial charge in [0.2, 0.25) is 0 Å². The molecule has 0 aliphatic heterocycles. The summed E-state index contributed by atoms with van der Waals surface area (Å²) < 4.78 is 0. The Hall–Kier alpha value is -0.410. The molecule has 1 heterocycles. The highest BCUT2D eigenvalue weighted by atomic mass is 32.1. The molecule has 1 aromatic rings. The molecule has 3 heteroatoms. The Morgan fingerprint density at radius 1 is 1.47 bits per heavy atom. The van der Waals surface area contributed by atoms with Crippen LogP contribution in [0.1, 0.15) is 42.5 Å². The van der Waals surface area contributed by atoms with Crippen molar-refractivity contribution in [1.29, 1.82) is 0 Å². The van der Waals surface area contributed by atoms with Gasteiger partial charge in [0, 0.05) is 17.6 Å². The Morgan fingerprint density at radius 2 is 2.27 bits per heavy atom. The summed E-state index contributed by atoms with van der Waals surface area (Å²) in [6.45, 7) is 4.36. The first-order chi connectivity index (χ1) is 7.38. The number of aromatic nitrogens is 1. The van der Waals surface area contributed by atoms with E-state index >= 15 is 0 Å². The number of aryl methyl sites for hydroxylation is 1. The van der Waals surface area contributed by atoms with E-state index in [1.54, 1.807) is 0 Å². The molecule has 1 aromatic heterocycles. The van der Waals surface area contributed by atoms with E-state index < -0.39 is 0 Å². The molecule has 2 rings (SSSR count). The van der Waals surface area contributed by atoms with Crippen molar-refractivity contribution in [2.45, 2.75) is 45.6 Å². The molecule has 0 amide bonds. The Bertz CT molecular complexity index is 290. The molecular formula is C12H20N2S. The SMILES string of the molecule is CCc1ncc(CNCC2CCCC2)s1. The first kappa shape index (κ1) is 11.1. The fraction of sp³-hybridized carbons (Fsp3) is 0.750. The third-order valence-electron chi connectivity index (χ3n) is 3.11. The molecule has 0 spiro atoms. The first-order valence-electron chi connectivity index (χ1n) is 6.02. The maximum Gasteiger partial charge on any atom is 0.0925 e. The van der Waals surface area contributed by atoms with Gasteiger partial charge in [-0.1, -0.05) is 19.8 Å². The zero-order valence-corrected chi connectivity index (χ0v) is 10.3. The average Bonchev–Trinajstić information content (AvgIpc) is 2.88. The summed E-state index contributed by atoms with van der Waals surface area (Å²) in [6.07, 6.45) is 8.81. The van der Waals surface area contributed by atoms with Gasteiger partial charge in [0.15, 0.2) is 0 Å². The highest BCUT2D eigenvalue weighted by Gasteiger charge is 2.14. The van der Waals surface area contributed by atoms with Crippen LogP contribution in [0.4, 0.5) is 0 Å². The van der Waals surface area contributed by atoms with E-state index in [1.807, 2.05) is 17.5 Å². The van der Waals surface area contributed by atoms with Gasteiger partial charge in [0.25, 0.3) is 0 Å². The van der Waals surface area contributed by atoms with E-state index in [9.17, 15) is 0 Å². The Kier molecular flexibility index (Phi) is 4.15. The van der Waals surface area contributed by atoms with Crippen LogP contribution >= 0.6 is 11.3 Å². The molecule has 1 aliphatic carbocycles. The molecule has 15 heavy (non-hydrogen) atoms. The van der Waals surface area contributed by atoms with Crippen LogP contribution in [0, 0.1) is 5.92 Å². The Morgan fingerprint density at radius 3 is 2.93 bits per heavy atom. The van der Waals surface area contributed by atoms with Crippen molar-refractivity contribution in [3.8, 4) is 0 Å².